The summed E-state index contributed by atoms with van der Waals surface area (Å²) in [6.07, 6.45) is 0.0465. The molecule has 0 fully saturated rings. The molecule has 0 aliphatic heterocycles. The number of hydrogen-bond acceptors (Lipinski definition) is 4. The largest absolute Gasteiger partial charge is 0.494 e. The van der Waals surface area contributed by atoms with Crippen LogP contribution in [-0.4, -0.2) is 24.2 Å². The van der Waals surface area contributed by atoms with Crippen molar-refractivity contribution in [3.05, 3.63) is 64.1 Å². The highest BCUT2D eigenvalue weighted by Crippen LogP contribution is 2.13. The lowest BCUT2D eigenvalue weighted by atomic mass is 10.1. The van der Waals surface area contributed by atoms with Crippen molar-refractivity contribution < 1.29 is 19.1 Å². The van der Waals surface area contributed by atoms with Crippen LogP contribution in [0.1, 0.15) is 40.5 Å². The summed E-state index contributed by atoms with van der Waals surface area (Å²) in [6.45, 7) is 2.41. The van der Waals surface area contributed by atoms with Gasteiger partial charge >= 0.3 is 0 Å². The average Bonchev–Trinajstić information content (AvgIpc) is 2.65. The number of carbonyl (C=O) groups is 3. The van der Waals surface area contributed by atoms with E-state index in [9.17, 15) is 14.4 Å². The molecule has 7 heteroatoms. The number of carbonyl (C=O) groups excluding carboxylic acids is 3. The van der Waals surface area contributed by atoms with Crippen LogP contribution in [0.4, 0.5) is 0 Å². The molecule has 0 saturated carbocycles. The Balaban J connectivity index is 1.76. The van der Waals surface area contributed by atoms with E-state index in [1.807, 2.05) is 6.92 Å². The summed E-state index contributed by atoms with van der Waals surface area (Å²) in [7, 11) is 0. The zero-order valence-corrected chi connectivity index (χ0v) is 15.8. The lowest BCUT2D eigenvalue weighted by Gasteiger charge is -2.08. The van der Waals surface area contributed by atoms with E-state index in [-0.39, 0.29) is 18.6 Å². The number of Topliss-reactive ketones (excluding diaryl/α,β-unsaturated/α-hetero) is 1. The molecule has 6 nitrogen and oxygen atoms in total. The van der Waals surface area contributed by atoms with Gasteiger partial charge in [0.15, 0.2) is 5.78 Å². The van der Waals surface area contributed by atoms with Crippen LogP contribution in [0.25, 0.3) is 0 Å². The standard InChI is InChI=1S/C19H19BrN2O4/c1-2-26-16-9-5-14(6-10-16)19(25)22-21-18(24)12-11-17(23)13-3-7-15(20)8-4-13/h3-10H,2,11-12H2,1H3,(H,21,24)(H,22,25). The van der Waals surface area contributed by atoms with Gasteiger partial charge in [-0.25, -0.2) is 0 Å². The third-order valence-corrected chi connectivity index (χ3v) is 4.02. The number of amides is 2. The molecular weight excluding hydrogens is 400 g/mol. The quantitative estimate of drug-likeness (QED) is 0.533. The number of benzene rings is 2. The van der Waals surface area contributed by atoms with Gasteiger partial charge in [-0.15, -0.1) is 0 Å². The Bertz CT molecular complexity index is 773. The molecule has 0 bridgehead atoms. The Morgan fingerprint density at radius 2 is 1.50 bits per heavy atom. The molecule has 2 amide bonds. The van der Waals surface area contributed by atoms with Crippen molar-refractivity contribution in [2.75, 3.05) is 6.61 Å². The number of hydrogen-bond donors (Lipinski definition) is 2. The minimum absolute atomic E-state index is 0.0154. The van der Waals surface area contributed by atoms with Gasteiger partial charge < -0.3 is 4.74 Å². The number of hydrazine groups is 1. The molecule has 0 radical (unpaired) electrons. The maximum Gasteiger partial charge on any atom is 0.269 e. The highest BCUT2D eigenvalue weighted by Gasteiger charge is 2.11. The molecule has 0 unspecified atom stereocenters. The van der Waals surface area contributed by atoms with Crippen LogP contribution in [0.15, 0.2) is 53.0 Å². The van der Waals surface area contributed by atoms with Crippen molar-refractivity contribution in [2.45, 2.75) is 19.8 Å². The summed E-state index contributed by atoms with van der Waals surface area (Å²) in [5.41, 5.74) is 5.56. The molecular formula is C19H19BrN2O4. The summed E-state index contributed by atoms with van der Waals surface area (Å²) >= 11 is 3.30. The molecule has 0 atom stereocenters. The van der Waals surface area contributed by atoms with Crippen molar-refractivity contribution in [3.63, 3.8) is 0 Å². The molecule has 0 saturated heterocycles. The molecule has 2 aromatic carbocycles. The van der Waals surface area contributed by atoms with Crippen molar-refractivity contribution in [2.24, 2.45) is 0 Å². The monoisotopic (exact) mass is 418 g/mol. The third-order valence-electron chi connectivity index (χ3n) is 3.49. The smallest absolute Gasteiger partial charge is 0.269 e. The Labute approximate surface area is 160 Å². The molecule has 2 aromatic rings. The van der Waals surface area contributed by atoms with Gasteiger partial charge in [-0.05, 0) is 43.3 Å². The Hall–Kier alpha value is -2.67. The minimum atomic E-state index is -0.444. The van der Waals surface area contributed by atoms with Crippen molar-refractivity contribution >= 4 is 33.5 Å². The lowest BCUT2D eigenvalue weighted by molar-refractivity contribution is -0.121. The third kappa shape index (κ3) is 6.00. The van der Waals surface area contributed by atoms with E-state index in [1.54, 1.807) is 48.5 Å². The van der Waals surface area contributed by atoms with Gasteiger partial charge in [0.05, 0.1) is 6.61 Å². The lowest BCUT2D eigenvalue weighted by Crippen LogP contribution is -2.41. The van der Waals surface area contributed by atoms with E-state index >= 15 is 0 Å². The van der Waals surface area contributed by atoms with Crippen molar-refractivity contribution in [3.8, 4) is 5.75 Å². The predicted molar refractivity (Wildman–Crippen MR) is 101 cm³/mol. The van der Waals surface area contributed by atoms with Crippen LogP contribution < -0.4 is 15.6 Å². The van der Waals surface area contributed by atoms with Crippen LogP contribution in [0.2, 0.25) is 0 Å². The first-order valence-electron chi connectivity index (χ1n) is 8.10. The Morgan fingerprint density at radius 1 is 0.885 bits per heavy atom. The zero-order chi connectivity index (χ0) is 18.9. The van der Waals surface area contributed by atoms with E-state index in [2.05, 4.69) is 26.8 Å². The number of ether oxygens (including phenoxy) is 1. The van der Waals surface area contributed by atoms with Gasteiger partial charge in [0.25, 0.3) is 5.91 Å². The first-order chi connectivity index (χ1) is 12.5. The van der Waals surface area contributed by atoms with Crippen molar-refractivity contribution in [1.29, 1.82) is 0 Å². The van der Waals surface area contributed by atoms with Crippen LogP contribution in [0.5, 0.6) is 5.75 Å². The summed E-state index contributed by atoms with van der Waals surface area (Å²) in [5, 5.41) is 0. The molecule has 2 N–H and O–H groups in total. The first-order valence-corrected chi connectivity index (χ1v) is 8.89. The van der Waals surface area contributed by atoms with Gasteiger partial charge in [-0.2, -0.15) is 0 Å². The first kappa shape index (κ1) is 19.7. The van der Waals surface area contributed by atoms with Gasteiger partial charge in [0, 0.05) is 28.4 Å². The summed E-state index contributed by atoms with van der Waals surface area (Å²) < 4.78 is 6.18. The number of rotatable bonds is 7. The number of nitrogens with one attached hydrogen (secondary N) is 2. The second-order valence-electron chi connectivity index (χ2n) is 5.39. The van der Waals surface area contributed by atoms with Gasteiger partial charge in [-0.3, -0.25) is 25.2 Å². The fraction of sp³-hybridized carbons (Fsp3) is 0.211. The highest BCUT2D eigenvalue weighted by atomic mass is 79.9. The molecule has 26 heavy (non-hydrogen) atoms. The van der Waals surface area contributed by atoms with Crippen LogP contribution >= 0.6 is 15.9 Å². The molecule has 136 valence electrons. The SMILES string of the molecule is CCOc1ccc(C(=O)NNC(=O)CCC(=O)c2ccc(Br)cc2)cc1. The maximum atomic E-state index is 12.0. The molecule has 0 aliphatic carbocycles. The normalized spacial score (nSPS) is 10.1. The fourth-order valence-electron chi connectivity index (χ4n) is 2.14. The Morgan fingerprint density at radius 3 is 2.12 bits per heavy atom. The topological polar surface area (TPSA) is 84.5 Å². The molecule has 0 aromatic heterocycles. The summed E-state index contributed by atoms with van der Waals surface area (Å²) in [6, 6.07) is 13.5. The second kappa shape index (κ2) is 9.72. The second-order valence-corrected chi connectivity index (χ2v) is 6.31. The summed E-state index contributed by atoms with van der Waals surface area (Å²) in [5.74, 6) is -0.347. The number of halogens is 1. The van der Waals surface area contributed by atoms with Crippen LogP contribution in [-0.2, 0) is 4.79 Å². The molecule has 0 spiro atoms. The maximum absolute atomic E-state index is 12.0. The van der Waals surface area contributed by atoms with Gasteiger partial charge in [0.1, 0.15) is 5.75 Å². The van der Waals surface area contributed by atoms with Crippen LogP contribution in [0.3, 0.4) is 0 Å². The summed E-state index contributed by atoms with van der Waals surface area (Å²) in [4.78, 5) is 35.8. The minimum Gasteiger partial charge on any atom is -0.494 e. The molecule has 2 rings (SSSR count). The van der Waals surface area contributed by atoms with E-state index in [4.69, 9.17) is 4.74 Å². The van der Waals surface area contributed by atoms with Crippen molar-refractivity contribution in [1.82, 2.24) is 10.9 Å². The molecule has 0 heterocycles. The Kier molecular flexibility index (Phi) is 7.35. The fourth-order valence-corrected chi connectivity index (χ4v) is 2.40. The highest BCUT2D eigenvalue weighted by molar-refractivity contribution is 9.10. The van der Waals surface area contributed by atoms with E-state index < -0.39 is 11.8 Å². The number of ketones is 1. The van der Waals surface area contributed by atoms with E-state index in [0.29, 0.717) is 23.5 Å². The molecule has 0 aliphatic rings. The zero-order valence-electron chi connectivity index (χ0n) is 14.3. The van der Waals surface area contributed by atoms with Crippen LogP contribution in [0, 0.1) is 0 Å². The predicted octanol–water partition coefficient (Wildman–Crippen LogP) is 3.27. The van der Waals surface area contributed by atoms with Gasteiger partial charge in [-0.1, -0.05) is 28.1 Å². The van der Waals surface area contributed by atoms with E-state index in [0.717, 1.165) is 4.47 Å². The van der Waals surface area contributed by atoms with E-state index in [1.165, 1.54) is 0 Å². The average molecular weight is 419 g/mol. The van der Waals surface area contributed by atoms with Gasteiger partial charge in [0.2, 0.25) is 5.91 Å².